The topological polar surface area (TPSA) is 29.5 Å². The maximum absolute atomic E-state index is 11.7. The fraction of sp³-hybridized carbons (Fsp3) is 0.500. The zero-order chi connectivity index (χ0) is 12.4. The normalized spacial score (nSPS) is 18.5. The van der Waals surface area contributed by atoms with Gasteiger partial charge >= 0.3 is 0 Å². The summed E-state index contributed by atoms with van der Waals surface area (Å²) in [6.07, 6.45) is 1.79. The average molecular weight is 233 g/mol. The number of ketones is 1. The molecule has 0 aromatic heterocycles. The van der Waals surface area contributed by atoms with Crippen molar-refractivity contribution in [3.05, 3.63) is 23.8 Å². The maximum atomic E-state index is 11.7. The molecule has 0 radical (unpaired) electrons. The van der Waals surface area contributed by atoms with E-state index in [9.17, 15) is 4.79 Å². The quantitative estimate of drug-likeness (QED) is 0.752. The molecule has 0 fully saturated rings. The van der Waals surface area contributed by atoms with Crippen LogP contribution in [-0.2, 0) is 0 Å². The number of ether oxygens (including phenoxy) is 1. The number of Topliss-reactive ketones (excluding diaryl/α,β-unsaturated/α-hetero) is 1. The maximum Gasteiger partial charge on any atom is 0.162 e. The molecule has 92 valence electrons. The summed E-state index contributed by atoms with van der Waals surface area (Å²) in [4.78, 5) is 13.8. The number of anilines is 1. The number of hydrogen-bond acceptors (Lipinski definition) is 3. The number of nitrogens with zero attached hydrogens (tertiary/aromatic N) is 1. The Morgan fingerprint density at radius 3 is 2.88 bits per heavy atom. The van der Waals surface area contributed by atoms with Gasteiger partial charge in [-0.15, -0.1) is 0 Å². The monoisotopic (exact) mass is 233 g/mol. The Labute approximate surface area is 102 Å². The summed E-state index contributed by atoms with van der Waals surface area (Å²) in [6.45, 7) is 4.89. The summed E-state index contributed by atoms with van der Waals surface area (Å²) in [5, 5.41) is 0. The lowest BCUT2D eigenvalue weighted by Crippen LogP contribution is -2.37. The van der Waals surface area contributed by atoms with Gasteiger partial charge in [-0.05, 0) is 24.6 Å². The van der Waals surface area contributed by atoms with Crippen molar-refractivity contribution in [3.63, 3.8) is 0 Å². The van der Waals surface area contributed by atoms with Gasteiger partial charge in [0.2, 0.25) is 0 Å². The van der Waals surface area contributed by atoms with E-state index in [-0.39, 0.29) is 11.9 Å². The van der Waals surface area contributed by atoms with E-state index < -0.39 is 0 Å². The van der Waals surface area contributed by atoms with Crippen LogP contribution in [0.4, 0.5) is 5.69 Å². The highest BCUT2D eigenvalue weighted by Crippen LogP contribution is 2.34. The van der Waals surface area contributed by atoms with E-state index in [4.69, 9.17) is 4.74 Å². The third-order valence-electron chi connectivity index (χ3n) is 3.24. The Hall–Kier alpha value is -1.51. The zero-order valence-electron chi connectivity index (χ0n) is 10.7. The lowest BCUT2D eigenvalue weighted by atomic mass is 10.1. The molecule has 0 aliphatic carbocycles. The Morgan fingerprint density at radius 1 is 1.47 bits per heavy atom. The van der Waals surface area contributed by atoms with E-state index in [1.807, 2.05) is 32.2 Å². The molecule has 1 aromatic rings. The van der Waals surface area contributed by atoms with Crippen molar-refractivity contribution < 1.29 is 9.53 Å². The summed E-state index contributed by atoms with van der Waals surface area (Å²) in [5.74, 6) is 1.07. The van der Waals surface area contributed by atoms with Crippen LogP contribution >= 0.6 is 0 Å². The van der Waals surface area contributed by atoms with Crippen LogP contribution in [0.2, 0.25) is 0 Å². The van der Waals surface area contributed by atoms with Crippen molar-refractivity contribution in [2.75, 3.05) is 18.5 Å². The van der Waals surface area contributed by atoms with Crippen LogP contribution in [0.25, 0.3) is 0 Å². The second-order valence-electron chi connectivity index (χ2n) is 4.49. The highest BCUT2D eigenvalue weighted by Gasteiger charge is 2.22. The number of fused-ring (bicyclic) bond motifs is 1. The molecule has 1 aliphatic rings. The molecular formula is C14H19NO2. The van der Waals surface area contributed by atoms with E-state index >= 15 is 0 Å². The van der Waals surface area contributed by atoms with Crippen LogP contribution < -0.4 is 9.64 Å². The molecule has 2 rings (SSSR count). The lowest BCUT2D eigenvalue weighted by molar-refractivity contribution is 0.0988. The molecule has 0 N–H and O–H groups in total. The minimum atomic E-state index is 0.179. The van der Waals surface area contributed by atoms with Crippen molar-refractivity contribution >= 4 is 11.5 Å². The van der Waals surface area contributed by atoms with Crippen molar-refractivity contribution in [2.45, 2.75) is 32.8 Å². The fourth-order valence-corrected chi connectivity index (χ4v) is 2.13. The van der Waals surface area contributed by atoms with Crippen LogP contribution in [0.3, 0.4) is 0 Å². The number of carbonyl (C=O) groups is 1. The molecule has 0 spiro atoms. The number of rotatable bonds is 3. The first kappa shape index (κ1) is 12.0. The SMILES string of the molecule is CCC(=O)c1ccc2c(c1)N(C)CC(CC)O2. The third-order valence-corrected chi connectivity index (χ3v) is 3.24. The van der Waals surface area contributed by atoms with Crippen LogP contribution in [0.1, 0.15) is 37.0 Å². The highest BCUT2D eigenvalue weighted by atomic mass is 16.5. The second kappa shape index (κ2) is 4.78. The number of hydrogen-bond donors (Lipinski definition) is 0. The molecule has 17 heavy (non-hydrogen) atoms. The number of benzene rings is 1. The molecule has 0 saturated carbocycles. The first-order valence-electron chi connectivity index (χ1n) is 6.20. The van der Waals surface area contributed by atoms with Crippen molar-refractivity contribution in [2.24, 2.45) is 0 Å². The summed E-state index contributed by atoms with van der Waals surface area (Å²) in [5.41, 5.74) is 1.80. The van der Waals surface area contributed by atoms with E-state index in [1.165, 1.54) is 0 Å². The number of carbonyl (C=O) groups excluding carboxylic acids is 1. The van der Waals surface area contributed by atoms with Crippen molar-refractivity contribution in [3.8, 4) is 5.75 Å². The number of likely N-dealkylation sites (N-methyl/N-ethyl adjacent to an activating group) is 1. The smallest absolute Gasteiger partial charge is 0.162 e. The summed E-state index contributed by atoms with van der Waals surface area (Å²) >= 11 is 0. The van der Waals surface area contributed by atoms with Crippen LogP contribution in [-0.4, -0.2) is 25.5 Å². The Kier molecular flexibility index (Phi) is 3.36. The molecule has 1 heterocycles. The molecule has 1 atom stereocenters. The van der Waals surface area contributed by atoms with Crippen LogP contribution in [0.5, 0.6) is 5.75 Å². The largest absolute Gasteiger partial charge is 0.486 e. The van der Waals surface area contributed by atoms with E-state index in [2.05, 4.69) is 11.8 Å². The average Bonchev–Trinajstić information content (AvgIpc) is 2.37. The molecule has 0 bridgehead atoms. The van der Waals surface area contributed by atoms with Gasteiger partial charge in [-0.2, -0.15) is 0 Å². The molecular weight excluding hydrogens is 214 g/mol. The van der Waals surface area contributed by atoms with Crippen molar-refractivity contribution in [1.29, 1.82) is 0 Å². The van der Waals surface area contributed by atoms with Crippen molar-refractivity contribution in [1.82, 2.24) is 0 Å². The molecule has 0 saturated heterocycles. The van der Waals surface area contributed by atoms with Gasteiger partial charge in [0.1, 0.15) is 11.9 Å². The van der Waals surface area contributed by atoms with E-state index in [0.29, 0.717) is 6.42 Å². The predicted molar refractivity (Wildman–Crippen MR) is 69.0 cm³/mol. The zero-order valence-corrected chi connectivity index (χ0v) is 10.7. The summed E-state index contributed by atoms with van der Waals surface area (Å²) < 4.78 is 5.87. The highest BCUT2D eigenvalue weighted by molar-refractivity contribution is 5.97. The van der Waals surface area contributed by atoms with Gasteiger partial charge in [0, 0.05) is 19.0 Å². The summed E-state index contributed by atoms with van der Waals surface area (Å²) in [6, 6.07) is 5.71. The molecule has 0 amide bonds. The second-order valence-corrected chi connectivity index (χ2v) is 4.49. The third kappa shape index (κ3) is 2.28. The molecule has 1 unspecified atom stereocenters. The van der Waals surface area contributed by atoms with Gasteiger partial charge in [-0.1, -0.05) is 13.8 Å². The van der Waals surface area contributed by atoms with Crippen LogP contribution in [0, 0.1) is 0 Å². The molecule has 1 aliphatic heterocycles. The fourth-order valence-electron chi connectivity index (χ4n) is 2.13. The Bertz CT molecular complexity index is 428. The predicted octanol–water partition coefficient (Wildman–Crippen LogP) is 2.89. The van der Waals surface area contributed by atoms with Gasteiger partial charge in [-0.3, -0.25) is 4.79 Å². The minimum absolute atomic E-state index is 0.179. The minimum Gasteiger partial charge on any atom is -0.486 e. The van der Waals surface area contributed by atoms with Gasteiger partial charge in [0.15, 0.2) is 5.78 Å². The Morgan fingerprint density at radius 2 is 2.24 bits per heavy atom. The van der Waals surface area contributed by atoms with E-state index in [1.54, 1.807) is 0 Å². The van der Waals surface area contributed by atoms with Crippen LogP contribution in [0.15, 0.2) is 18.2 Å². The van der Waals surface area contributed by atoms with Gasteiger partial charge in [0.25, 0.3) is 0 Å². The molecule has 3 nitrogen and oxygen atoms in total. The first-order chi connectivity index (χ1) is 8.15. The van der Waals surface area contributed by atoms with E-state index in [0.717, 1.165) is 30.0 Å². The first-order valence-corrected chi connectivity index (χ1v) is 6.20. The molecule has 3 heteroatoms. The Balaban J connectivity index is 2.33. The van der Waals surface area contributed by atoms with Gasteiger partial charge in [0.05, 0.1) is 12.2 Å². The lowest BCUT2D eigenvalue weighted by Gasteiger charge is -2.33. The molecule has 1 aromatic carbocycles. The summed E-state index contributed by atoms with van der Waals surface area (Å²) in [7, 11) is 2.05. The van der Waals surface area contributed by atoms with Gasteiger partial charge in [-0.25, -0.2) is 0 Å². The standard InChI is InChI=1S/C14H19NO2/c1-4-11-9-15(3)12-8-10(13(16)5-2)6-7-14(12)17-11/h6-8,11H,4-5,9H2,1-3H3. The van der Waals surface area contributed by atoms with Gasteiger partial charge < -0.3 is 9.64 Å².